The van der Waals surface area contributed by atoms with Crippen LogP contribution in [0.2, 0.25) is 4.34 Å². The van der Waals surface area contributed by atoms with E-state index in [9.17, 15) is 13.2 Å². The largest absolute Gasteiger partial charge is 0.468 e. The lowest BCUT2D eigenvalue weighted by molar-refractivity contribution is -0.121. The Bertz CT molecular complexity index is 803. The molecule has 0 spiro atoms. The van der Waals surface area contributed by atoms with Crippen molar-refractivity contribution in [2.24, 2.45) is 0 Å². The minimum absolute atomic E-state index is 0.106. The second kappa shape index (κ2) is 8.33. The van der Waals surface area contributed by atoms with Crippen molar-refractivity contribution < 1.29 is 17.6 Å². The van der Waals surface area contributed by atoms with E-state index < -0.39 is 15.9 Å². The first-order valence-corrected chi connectivity index (χ1v) is 10.0. The Morgan fingerprint density at radius 1 is 1.32 bits per heavy atom. The molecule has 2 aromatic heterocycles. The first kappa shape index (κ1) is 19.9. The molecule has 0 fully saturated rings. The number of hydrogen-bond donors (Lipinski definition) is 1. The molecule has 25 heavy (non-hydrogen) atoms. The first-order valence-electron chi connectivity index (χ1n) is 7.40. The van der Waals surface area contributed by atoms with Gasteiger partial charge in [0.15, 0.2) is 0 Å². The fraction of sp³-hybridized carbons (Fsp3) is 0.400. The second-order valence-electron chi connectivity index (χ2n) is 5.62. The van der Waals surface area contributed by atoms with Crippen molar-refractivity contribution in [3.63, 3.8) is 0 Å². The maximum Gasteiger partial charge on any atom is 0.252 e. The molecule has 0 aromatic carbocycles. The molecular formula is C15H20ClN3O4S2. The molecule has 138 valence electrons. The molecule has 1 N–H and O–H groups in total. The summed E-state index contributed by atoms with van der Waals surface area (Å²) in [7, 11) is 1.37. The van der Waals surface area contributed by atoms with E-state index >= 15 is 0 Å². The third kappa shape index (κ3) is 5.05. The number of likely N-dealkylation sites (N-methyl/N-ethyl adjacent to an activating group) is 2. The average molecular weight is 406 g/mol. The van der Waals surface area contributed by atoms with Gasteiger partial charge in [0.05, 0.1) is 23.2 Å². The molecule has 7 nitrogen and oxygen atoms in total. The summed E-state index contributed by atoms with van der Waals surface area (Å²) in [6.07, 6.45) is 1.57. The second-order valence-corrected chi connectivity index (χ2v) is 9.61. The van der Waals surface area contributed by atoms with Crippen LogP contribution in [-0.2, 0) is 14.8 Å². The van der Waals surface area contributed by atoms with Crippen molar-refractivity contribution in [2.45, 2.75) is 10.3 Å². The normalized spacial score (nSPS) is 13.4. The Balaban J connectivity index is 1.95. The maximum atomic E-state index is 12.4. The van der Waals surface area contributed by atoms with Crippen molar-refractivity contribution in [2.75, 3.05) is 34.2 Å². The lowest BCUT2D eigenvalue weighted by atomic mass is 10.2. The van der Waals surface area contributed by atoms with Gasteiger partial charge in [0, 0.05) is 13.6 Å². The fourth-order valence-electron chi connectivity index (χ4n) is 2.16. The molecule has 1 amide bonds. The Morgan fingerprint density at radius 2 is 2.04 bits per heavy atom. The van der Waals surface area contributed by atoms with Crippen LogP contribution in [0.4, 0.5) is 0 Å². The van der Waals surface area contributed by atoms with Gasteiger partial charge in [-0.1, -0.05) is 11.6 Å². The predicted molar refractivity (Wildman–Crippen MR) is 97.3 cm³/mol. The summed E-state index contributed by atoms with van der Waals surface area (Å²) in [6, 6.07) is 6.40. The van der Waals surface area contributed by atoms with E-state index in [0.29, 0.717) is 10.9 Å². The number of carbonyl (C=O) groups is 1. The molecule has 2 aromatic rings. The van der Waals surface area contributed by atoms with Gasteiger partial charge in [-0.25, -0.2) is 8.42 Å². The Hall–Kier alpha value is -1.39. The molecule has 0 aliphatic carbocycles. The van der Waals surface area contributed by atoms with Crippen LogP contribution in [0.5, 0.6) is 0 Å². The molecule has 2 rings (SSSR count). The van der Waals surface area contributed by atoms with Crippen LogP contribution in [0.25, 0.3) is 0 Å². The number of thiophene rings is 1. The number of halogens is 1. The fourth-order valence-corrected chi connectivity index (χ4v) is 4.98. The lowest BCUT2D eigenvalue weighted by Gasteiger charge is -2.23. The molecular weight excluding hydrogens is 386 g/mol. The minimum atomic E-state index is -3.73. The summed E-state index contributed by atoms with van der Waals surface area (Å²) >= 11 is 6.74. The topological polar surface area (TPSA) is 82.9 Å². The third-order valence-electron chi connectivity index (χ3n) is 3.57. The summed E-state index contributed by atoms with van der Waals surface area (Å²) in [5.74, 6) is 0.326. The van der Waals surface area contributed by atoms with E-state index in [1.54, 1.807) is 12.3 Å². The molecule has 0 saturated carbocycles. The first-order chi connectivity index (χ1) is 11.7. The van der Waals surface area contributed by atoms with Gasteiger partial charge in [0.25, 0.3) is 10.0 Å². The van der Waals surface area contributed by atoms with E-state index in [0.717, 1.165) is 21.4 Å². The molecule has 0 radical (unpaired) electrons. The van der Waals surface area contributed by atoms with Gasteiger partial charge in [-0.05, 0) is 38.4 Å². The minimum Gasteiger partial charge on any atom is -0.468 e. The molecule has 0 aliphatic heterocycles. The number of nitrogens with zero attached hydrogens (tertiary/aromatic N) is 2. The SMILES string of the molecule is CN(C)C(CNC(=O)CN(C)S(=O)(=O)c1ccc(Cl)s1)c1ccco1. The van der Waals surface area contributed by atoms with Crippen LogP contribution in [0.1, 0.15) is 11.8 Å². The van der Waals surface area contributed by atoms with Crippen LogP contribution < -0.4 is 5.32 Å². The lowest BCUT2D eigenvalue weighted by Crippen LogP contribution is -2.41. The van der Waals surface area contributed by atoms with Gasteiger partial charge < -0.3 is 9.73 Å². The monoisotopic (exact) mass is 405 g/mol. The smallest absolute Gasteiger partial charge is 0.252 e. The number of nitrogens with one attached hydrogen (secondary N) is 1. The quantitative estimate of drug-likeness (QED) is 0.726. The van der Waals surface area contributed by atoms with E-state index in [4.69, 9.17) is 16.0 Å². The Morgan fingerprint density at radius 3 is 2.56 bits per heavy atom. The number of hydrogen-bond acceptors (Lipinski definition) is 6. The number of sulfonamides is 1. The summed E-state index contributed by atoms with van der Waals surface area (Å²) in [5, 5.41) is 2.74. The van der Waals surface area contributed by atoms with Gasteiger partial charge in [-0.3, -0.25) is 9.69 Å². The zero-order valence-corrected chi connectivity index (χ0v) is 16.5. The van der Waals surface area contributed by atoms with Crippen molar-refractivity contribution in [1.29, 1.82) is 0 Å². The van der Waals surface area contributed by atoms with Crippen molar-refractivity contribution >= 4 is 38.9 Å². The molecule has 0 aliphatic rings. The average Bonchev–Trinajstić information content (AvgIpc) is 3.18. The van der Waals surface area contributed by atoms with Crippen molar-refractivity contribution in [3.05, 3.63) is 40.6 Å². The Kier molecular flexibility index (Phi) is 6.64. The summed E-state index contributed by atoms with van der Waals surface area (Å²) in [4.78, 5) is 14.1. The van der Waals surface area contributed by atoms with Gasteiger partial charge in [-0.15, -0.1) is 11.3 Å². The number of furan rings is 1. The summed E-state index contributed by atoms with van der Waals surface area (Å²) in [6.45, 7) is 0.0220. The van der Waals surface area contributed by atoms with Crippen molar-refractivity contribution in [1.82, 2.24) is 14.5 Å². The summed E-state index contributed by atoms with van der Waals surface area (Å²) in [5.41, 5.74) is 0. The van der Waals surface area contributed by atoms with Gasteiger partial charge in [0.2, 0.25) is 5.91 Å². The van der Waals surface area contributed by atoms with Crippen molar-refractivity contribution in [3.8, 4) is 0 Å². The standard InChI is InChI=1S/C15H20ClN3O4S2/c1-18(2)11(12-5-4-8-23-12)9-17-14(20)10-19(3)25(21,22)15-7-6-13(16)24-15/h4-8,11H,9-10H2,1-3H3,(H,17,20). The van der Waals surface area contributed by atoms with Gasteiger partial charge >= 0.3 is 0 Å². The third-order valence-corrected chi connectivity index (χ3v) is 7.07. The zero-order chi connectivity index (χ0) is 18.6. The predicted octanol–water partition coefficient (Wildman–Crippen LogP) is 2.03. The van der Waals surface area contributed by atoms with Crippen LogP contribution in [-0.4, -0.2) is 57.8 Å². The highest BCUT2D eigenvalue weighted by molar-refractivity contribution is 7.91. The van der Waals surface area contributed by atoms with Crippen LogP contribution in [0, 0.1) is 0 Å². The molecule has 1 atom stereocenters. The van der Waals surface area contributed by atoms with Crippen LogP contribution >= 0.6 is 22.9 Å². The molecule has 2 heterocycles. The number of amides is 1. The molecule has 1 unspecified atom stereocenters. The van der Waals surface area contributed by atoms with E-state index in [1.807, 2.05) is 25.1 Å². The maximum absolute atomic E-state index is 12.4. The molecule has 10 heteroatoms. The highest BCUT2D eigenvalue weighted by Gasteiger charge is 2.25. The van der Waals surface area contributed by atoms with E-state index in [-0.39, 0.29) is 16.8 Å². The number of carbonyl (C=O) groups excluding carboxylic acids is 1. The number of rotatable bonds is 8. The van der Waals surface area contributed by atoms with E-state index in [2.05, 4.69) is 5.32 Å². The van der Waals surface area contributed by atoms with Gasteiger partial charge in [-0.2, -0.15) is 4.31 Å². The zero-order valence-electron chi connectivity index (χ0n) is 14.1. The summed E-state index contributed by atoms with van der Waals surface area (Å²) < 4.78 is 31.6. The highest BCUT2D eigenvalue weighted by atomic mass is 35.5. The van der Waals surface area contributed by atoms with Crippen LogP contribution in [0.15, 0.2) is 39.2 Å². The molecule has 0 saturated heterocycles. The van der Waals surface area contributed by atoms with Gasteiger partial charge in [0.1, 0.15) is 9.97 Å². The molecule has 0 bridgehead atoms. The van der Waals surface area contributed by atoms with Crippen LogP contribution in [0.3, 0.4) is 0 Å². The van der Waals surface area contributed by atoms with E-state index in [1.165, 1.54) is 19.2 Å². The Labute approximate surface area is 156 Å². The highest BCUT2D eigenvalue weighted by Crippen LogP contribution is 2.27.